The zero-order chi connectivity index (χ0) is 15.5. The van der Waals surface area contributed by atoms with Crippen molar-refractivity contribution >= 4 is 17.5 Å². The van der Waals surface area contributed by atoms with Gasteiger partial charge in [0.05, 0.1) is 17.3 Å². The summed E-state index contributed by atoms with van der Waals surface area (Å²) >= 11 is 5.75. The highest BCUT2D eigenvalue weighted by Crippen LogP contribution is 2.22. The first-order valence-electron chi connectivity index (χ1n) is 7.21. The van der Waals surface area contributed by atoms with Crippen molar-refractivity contribution in [2.45, 2.75) is 25.3 Å². The molecule has 0 aliphatic carbocycles. The van der Waals surface area contributed by atoms with Gasteiger partial charge in [-0.25, -0.2) is 9.07 Å². The number of benzene rings is 1. The third-order valence-electron chi connectivity index (χ3n) is 3.94. The van der Waals surface area contributed by atoms with Crippen LogP contribution >= 0.6 is 11.6 Å². The van der Waals surface area contributed by atoms with Crippen LogP contribution < -0.4 is 0 Å². The molecule has 1 aromatic carbocycles. The Hall–Kier alpha value is -1.95. The SMILES string of the molecule is O=C(CCc1ccc(F)c(Cl)c1)N1CC[C@H](n2ccnn2)C1. The van der Waals surface area contributed by atoms with Gasteiger partial charge in [0.15, 0.2) is 0 Å². The Morgan fingerprint density at radius 1 is 1.45 bits per heavy atom. The Kier molecular flexibility index (Phi) is 4.38. The van der Waals surface area contributed by atoms with Crippen molar-refractivity contribution in [1.29, 1.82) is 0 Å². The maximum atomic E-state index is 13.1. The van der Waals surface area contributed by atoms with E-state index in [0.29, 0.717) is 19.4 Å². The largest absolute Gasteiger partial charge is 0.340 e. The van der Waals surface area contributed by atoms with Crippen molar-refractivity contribution in [3.05, 3.63) is 47.0 Å². The predicted molar refractivity (Wildman–Crippen MR) is 80.0 cm³/mol. The molecule has 0 bridgehead atoms. The second-order valence-electron chi connectivity index (χ2n) is 5.41. The molecule has 1 aliphatic rings. The number of likely N-dealkylation sites (tertiary alicyclic amines) is 1. The molecule has 1 fully saturated rings. The Bertz CT molecular complexity index is 662. The summed E-state index contributed by atoms with van der Waals surface area (Å²) in [7, 11) is 0. The maximum absolute atomic E-state index is 13.1. The Balaban J connectivity index is 1.53. The molecule has 0 saturated carbocycles. The lowest BCUT2D eigenvalue weighted by Gasteiger charge is -2.16. The summed E-state index contributed by atoms with van der Waals surface area (Å²) in [6, 6.07) is 4.77. The summed E-state index contributed by atoms with van der Waals surface area (Å²) in [5, 5.41) is 7.87. The number of halogens is 2. The fraction of sp³-hybridized carbons (Fsp3) is 0.400. The third kappa shape index (κ3) is 3.27. The number of rotatable bonds is 4. The molecule has 1 aliphatic heterocycles. The molecule has 1 saturated heterocycles. The molecule has 1 aromatic heterocycles. The normalized spacial score (nSPS) is 17.9. The van der Waals surface area contributed by atoms with Gasteiger partial charge in [-0.2, -0.15) is 0 Å². The molecule has 1 amide bonds. The molecule has 0 N–H and O–H groups in total. The van der Waals surface area contributed by atoms with E-state index in [-0.39, 0.29) is 17.0 Å². The minimum atomic E-state index is -0.438. The molecule has 0 spiro atoms. The third-order valence-corrected chi connectivity index (χ3v) is 4.23. The van der Waals surface area contributed by atoms with Crippen LogP contribution in [0.2, 0.25) is 5.02 Å². The van der Waals surface area contributed by atoms with E-state index in [1.165, 1.54) is 6.07 Å². The minimum absolute atomic E-state index is 0.0948. The average molecular weight is 323 g/mol. The quantitative estimate of drug-likeness (QED) is 0.869. The number of aromatic nitrogens is 3. The van der Waals surface area contributed by atoms with Crippen molar-refractivity contribution in [3.63, 3.8) is 0 Å². The Morgan fingerprint density at radius 3 is 3.05 bits per heavy atom. The van der Waals surface area contributed by atoms with Gasteiger partial charge in [0.25, 0.3) is 0 Å². The highest BCUT2D eigenvalue weighted by Gasteiger charge is 2.27. The fourth-order valence-corrected chi connectivity index (χ4v) is 2.90. The second-order valence-corrected chi connectivity index (χ2v) is 5.82. The lowest BCUT2D eigenvalue weighted by atomic mass is 10.1. The van der Waals surface area contributed by atoms with Gasteiger partial charge in [-0.15, -0.1) is 5.10 Å². The molecule has 3 rings (SSSR count). The van der Waals surface area contributed by atoms with E-state index < -0.39 is 5.82 Å². The van der Waals surface area contributed by atoms with Crippen molar-refractivity contribution in [3.8, 4) is 0 Å². The molecule has 5 nitrogen and oxygen atoms in total. The standard InChI is InChI=1S/C15H16ClFN4O/c16-13-9-11(1-3-14(13)17)2-4-15(22)20-7-5-12(10-20)21-8-6-18-19-21/h1,3,6,8-9,12H,2,4-5,7,10H2/t12-/m0/s1. The number of amides is 1. The molecule has 0 unspecified atom stereocenters. The van der Waals surface area contributed by atoms with Gasteiger partial charge < -0.3 is 4.90 Å². The van der Waals surface area contributed by atoms with Gasteiger partial charge in [0.2, 0.25) is 5.91 Å². The van der Waals surface area contributed by atoms with E-state index in [2.05, 4.69) is 10.3 Å². The van der Waals surface area contributed by atoms with E-state index in [1.807, 2.05) is 11.1 Å². The molecule has 22 heavy (non-hydrogen) atoms. The van der Waals surface area contributed by atoms with Crippen LogP contribution in [0.5, 0.6) is 0 Å². The van der Waals surface area contributed by atoms with Crippen molar-refractivity contribution < 1.29 is 9.18 Å². The summed E-state index contributed by atoms with van der Waals surface area (Å²) in [6.45, 7) is 1.39. The number of carbonyl (C=O) groups is 1. The summed E-state index contributed by atoms with van der Waals surface area (Å²) in [5.41, 5.74) is 0.867. The van der Waals surface area contributed by atoms with Crippen LogP contribution in [-0.2, 0) is 11.2 Å². The summed E-state index contributed by atoms with van der Waals surface area (Å²) in [4.78, 5) is 14.1. The smallest absolute Gasteiger partial charge is 0.222 e. The van der Waals surface area contributed by atoms with Gasteiger partial charge >= 0.3 is 0 Å². The number of aryl methyl sites for hydroxylation is 1. The maximum Gasteiger partial charge on any atom is 0.222 e. The predicted octanol–water partition coefficient (Wildman–Crippen LogP) is 2.48. The van der Waals surface area contributed by atoms with Crippen LogP contribution in [0.15, 0.2) is 30.6 Å². The van der Waals surface area contributed by atoms with Crippen LogP contribution in [0.3, 0.4) is 0 Å². The van der Waals surface area contributed by atoms with Gasteiger partial charge in [-0.1, -0.05) is 22.9 Å². The van der Waals surface area contributed by atoms with Crippen LogP contribution in [0.4, 0.5) is 4.39 Å². The number of hydrogen-bond acceptors (Lipinski definition) is 3. The van der Waals surface area contributed by atoms with E-state index in [4.69, 9.17) is 11.6 Å². The second kappa shape index (κ2) is 6.44. The van der Waals surface area contributed by atoms with E-state index in [9.17, 15) is 9.18 Å². The van der Waals surface area contributed by atoms with E-state index >= 15 is 0 Å². The van der Waals surface area contributed by atoms with Gasteiger partial charge in [0.1, 0.15) is 5.82 Å². The first kappa shape index (κ1) is 15.0. The number of carbonyl (C=O) groups excluding carboxylic acids is 1. The average Bonchev–Trinajstić information content (AvgIpc) is 3.18. The molecule has 2 heterocycles. The van der Waals surface area contributed by atoms with Gasteiger partial charge in [0, 0.05) is 25.7 Å². The van der Waals surface area contributed by atoms with Gasteiger partial charge in [-0.05, 0) is 30.5 Å². The van der Waals surface area contributed by atoms with Crippen molar-refractivity contribution in [2.24, 2.45) is 0 Å². The van der Waals surface area contributed by atoms with Crippen LogP contribution in [0.1, 0.15) is 24.4 Å². The highest BCUT2D eigenvalue weighted by atomic mass is 35.5. The first-order chi connectivity index (χ1) is 10.6. The van der Waals surface area contributed by atoms with Crippen LogP contribution in [0, 0.1) is 5.82 Å². The molecule has 0 radical (unpaired) electrons. The van der Waals surface area contributed by atoms with Crippen LogP contribution in [0.25, 0.3) is 0 Å². The summed E-state index contributed by atoms with van der Waals surface area (Å²) in [5.74, 6) is -0.338. The zero-order valence-corrected chi connectivity index (χ0v) is 12.7. The summed E-state index contributed by atoms with van der Waals surface area (Å²) < 4.78 is 14.9. The van der Waals surface area contributed by atoms with Crippen molar-refractivity contribution in [2.75, 3.05) is 13.1 Å². The molecular weight excluding hydrogens is 307 g/mol. The first-order valence-corrected chi connectivity index (χ1v) is 7.59. The van der Waals surface area contributed by atoms with E-state index in [1.54, 1.807) is 23.0 Å². The fourth-order valence-electron chi connectivity index (χ4n) is 2.70. The topological polar surface area (TPSA) is 51.0 Å². The lowest BCUT2D eigenvalue weighted by Crippen LogP contribution is -2.29. The molecule has 2 aromatic rings. The molecular formula is C15H16ClFN4O. The monoisotopic (exact) mass is 322 g/mol. The zero-order valence-electron chi connectivity index (χ0n) is 12.0. The molecule has 1 atom stereocenters. The number of nitrogens with zero attached hydrogens (tertiary/aromatic N) is 4. The number of hydrogen-bond donors (Lipinski definition) is 0. The van der Waals surface area contributed by atoms with Gasteiger partial charge in [-0.3, -0.25) is 4.79 Å². The van der Waals surface area contributed by atoms with Crippen molar-refractivity contribution in [1.82, 2.24) is 19.9 Å². The van der Waals surface area contributed by atoms with Crippen LogP contribution in [-0.4, -0.2) is 38.9 Å². The highest BCUT2D eigenvalue weighted by molar-refractivity contribution is 6.30. The Labute approximate surface area is 132 Å². The Morgan fingerprint density at radius 2 is 2.32 bits per heavy atom. The minimum Gasteiger partial charge on any atom is -0.340 e. The summed E-state index contributed by atoms with van der Waals surface area (Å²) in [6.07, 6.45) is 5.30. The molecule has 116 valence electrons. The lowest BCUT2D eigenvalue weighted by molar-refractivity contribution is -0.130. The van der Waals surface area contributed by atoms with E-state index in [0.717, 1.165) is 18.5 Å². The molecule has 7 heteroatoms.